The van der Waals surface area contributed by atoms with Crippen LogP contribution in [0.5, 0.6) is 5.75 Å². The number of nitriles is 1. The first-order valence-corrected chi connectivity index (χ1v) is 11.1. The molecule has 1 aromatic carbocycles. The predicted octanol–water partition coefficient (Wildman–Crippen LogP) is 5.14. The number of nitrogen functional groups attached to an aromatic ring is 1. The summed E-state index contributed by atoms with van der Waals surface area (Å²) in [6.07, 6.45) is 7.19. The summed E-state index contributed by atoms with van der Waals surface area (Å²) < 4.78 is 25.9. The summed E-state index contributed by atoms with van der Waals surface area (Å²) in [6, 6.07) is 2.62. The first-order valence-electron chi connectivity index (χ1n) is 10.4. The standard InChI is InChI=1S/C23H21Cl2FN6O2/c1-12(18-16(24)3-4-17(26)19(18)25)34-21-20-14(9-30-22(21)28)15(10-33-20)13-5-7-32(8-6-13)23(29-2)31-11-27/h3-5,9-10,12H,6-8H2,1-2H3,(H2,28,30)(H,29,31). The molecule has 1 aliphatic rings. The molecule has 176 valence electrons. The molecular weight excluding hydrogens is 482 g/mol. The van der Waals surface area contributed by atoms with Gasteiger partial charge in [0, 0.05) is 42.5 Å². The molecule has 8 nitrogen and oxygen atoms in total. The number of furan rings is 1. The van der Waals surface area contributed by atoms with Crippen LogP contribution in [0.2, 0.25) is 10.0 Å². The number of guanidine groups is 1. The van der Waals surface area contributed by atoms with Crippen molar-refractivity contribution in [2.75, 3.05) is 25.9 Å². The molecule has 2 aromatic heterocycles. The second kappa shape index (κ2) is 9.79. The molecule has 1 unspecified atom stereocenters. The van der Waals surface area contributed by atoms with Crippen molar-refractivity contribution in [3.05, 3.63) is 57.7 Å². The Balaban J connectivity index is 1.65. The summed E-state index contributed by atoms with van der Waals surface area (Å²) >= 11 is 12.4. The number of hydrogen-bond acceptors (Lipinski definition) is 6. The van der Waals surface area contributed by atoms with E-state index in [4.69, 9.17) is 43.4 Å². The van der Waals surface area contributed by atoms with E-state index in [1.807, 2.05) is 17.2 Å². The van der Waals surface area contributed by atoms with E-state index in [-0.39, 0.29) is 21.6 Å². The van der Waals surface area contributed by atoms with E-state index in [2.05, 4.69) is 15.3 Å². The SMILES string of the molecule is CN=C(NC#N)N1CC=C(c2coc3c(OC(C)c4c(Cl)ccc(F)c4Cl)c(N)ncc23)CC1. The monoisotopic (exact) mass is 502 g/mol. The Kier molecular flexibility index (Phi) is 6.82. The van der Waals surface area contributed by atoms with E-state index in [9.17, 15) is 4.39 Å². The highest BCUT2D eigenvalue weighted by atomic mass is 35.5. The molecule has 4 rings (SSSR count). The maximum absolute atomic E-state index is 14.0. The number of hydrogen-bond donors (Lipinski definition) is 2. The minimum atomic E-state index is -0.721. The highest BCUT2D eigenvalue weighted by molar-refractivity contribution is 6.36. The molecule has 11 heteroatoms. The third-order valence-electron chi connectivity index (χ3n) is 5.62. The Labute approximate surface area is 205 Å². The fourth-order valence-corrected chi connectivity index (χ4v) is 4.60. The van der Waals surface area contributed by atoms with Gasteiger partial charge in [0.15, 0.2) is 17.6 Å². The summed E-state index contributed by atoms with van der Waals surface area (Å²) in [5, 5.41) is 12.4. The van der Waals surface area contributed by atoms with Crippen LogP contribution < -0.4 is 15.8 Å². The number of nitrogens with one attached hydrogen (secondary N) is 1. The predicted molar refractivity (Wildman–Crippen MR) is 130 cm³/mol. The molecule has 1 atom stereocenters. The number of ether oxygens (including phenoxy) is 1. The number of rotatable bonds is 4. The van der Waals surface area contributed by atoms with Gasteiger partial charge in [0.05, 0.1) is 16.7 Å². The van der Waals surface area contributed by atoms with Crippen LogP contribution in [0.4, 0.5) is 10.2 Å². The van der Waals surface area contributed by atoms with E-state index in [1.165, 1.54) is 12.1 Å². The molecule has 34 heavy (non-hydrogen) atoms. The zero-order valence-corrected chi connectivity index (χ0v) is 19.9. The summed E-state index contributed by atoms with van der Waals surface area (Å²) in [4.78, 5) is 10.4. The fourth-order valence-electron chi connectivity index (χ4n) is 3.93. The van der Waals surface area contributed by atoms with Crippen molar-refractivity contribution >= 4 is 51.5 Å². The topological polar surface area (TPSA) is 113 Å². The van der Waals surface area contributed by atoms with Crippen molar-refractivity contribution in [1.82, 2.24) is 15.2 Å². The van der Waals surface area contributed by atoms with Gasteiger partial charge in [-0.05, 0) is 31.1 Å². The summed E-state index contributed by atoms with van der Waals surface area (Å²) in [5.41, 5.74) is 8.75. The van der Waals surface area contributed by atoms with Crippen molar-refractivity contribution in [3.63, 3.8) is 0 Å². The first kappa shape index (κ1) is 23.7. The molecule has 0 amide bonds. The average molecular weight is 503 g/mol. The smallest absolute Gasteiger partial charge is 0.207 e. The van der Waals surface area contributed by atoms with Crippen molar-refractivity contribution in [1.29, 1.82) is 5.26 Å². The second-order valence-electron chi connectivity index (χ2n) is 7.59. The van der Waals surface area contributed by atoms with Gasteiger partial charge in [-0.15, -0.1) is 0 Å². The number of aromatic nitrogens is 1. The van der Waals surface area contributed by atoms with E-state index >= 15 is 0 Å². The largest absolute Gasteiger partial charge is 0.478 e. The third-order valence-corrected chi connectivity index (χ3v) is 6.33. The first-order chi connectivity index (χ1) is 16.3. The van der Waals surface area contributed by atoms with Crippen LogP contribution in [0, 0.1) is 17.3 Å². The van der Waals surface area contributed by atoms with Gasteiger partial charge in [0.1, 0.15) is 11.9 Å². The number of nitrogens with two attached hydrogens (primary N) is 1. The van der Waals surface area contributed by atoms with Crippen LogP contribution in [-0.4, -0.2) is 36.0 Å². The number of nitrogens with zero attached hydrogens (tertiary/aromatic N) is 4. The number of aliphatic imine (C=N–C) groups is 1. The van der Waals surface area contributed by atoms with E-state index in [1.54, 1.807) is 26.4 Å². The Hall–Kier alpha value is -3.48. The maximum Gasteiger partial charge on any atom is 0.207 e. The van der Waals surface area contributed by atoms with Gasteiger partial charge >= 0.3 is 0 Å². The molecule has 0 aliphatic carbocycles. The Bertz CT molecular complexity index is 1350. The van der Waals surface area contributed by atoms with Crippen LogP contribution in [0.15, 0.2) is 40.1 Å². The van der Waals surface area contributed by atoms with Gasteiger partial charge in [-0.1, -0.05) is 29.3 Å². The maximum atomic E-state index is 14.0. The van der Waals surface area contributed by atoms with Gasteiger partial charge in [-0.3, -0.25) is 10.3 Å². The number of benzene rings is 1. The van der Waals surface area contributed by atoms with Crippen molar-refractivity contribution in [3.8, 4) is 11.9 Å². The summed E-state index contributed by atoms with van der Waals surface area (Å²) in [7, 11) is 1.63. The van der Waals surface area contributed by atoms with E-state index in [0.717, 1.165) is 16.5 Å². The summed E-state index contributed by atoms with van der Waals surface area (Å²) in [6.45, 7) is 2.93. The Morgan fingerprint density at radius 3 is 2.91 bits per heavy atom. The molecule has 0 radical (unpaired) electrons. The van der Waals surface area contributed by atoms with Crippen molar-refractivity contribution < 1.29 is 13.5 Å². The van der Waals surface area contributed by atoms with Crippen LogP contribution >= 0.6 is 23.2 Å². The van der Waals surface area contributed by atoms with Crippen LogP contribution in [0.3, 0.4) is 0 Å². The van der Waals surface area contributed by atoms with Crippen LogP contribution in [0.1, 0.15) is 30.6 Å². The Morgan fingerprint density at radius 2 is 2.24 bits per heavy atom. The lowest BCUT2D eigenvalue weighted by molar-refractivity contribution is 0.227. The van der Waals surface area contributed by atoms with Crippen molar-refractivity contribution in [2.24, 2.45) is 4.99 Å². The molecule has 0 bridgehead atoms. The zero-order valence-electron chi connectivity index (χ0n) is 18.4. The molecule has 0 fully saturated rings. The van der Waals surface area contributed by atoms with Gasteiger partial charge in [0.25, 0.3) is 0 Å². The molecule has 3 N–H and O–H groups in total. The minimum absolute atomic E-state index is 0.114. The highest BCUT2D eigenvalue weighted by Crippen LogP contribution is 2.41. The number of pyridine rings is 1. The molecule has 0 saturated carbocycles. The second-order valence-corrected chi connectivity index (χ2v) is 8.38. The van der Waals surface area contributed by atoms with E-state index in [0.29, 0.717) is 36.6 Å². The normalized spacial score (nSPS) is 15.1. The molecule has 3 aromatic rings. The number of anilines is 1. The molecule has 0 spiro atoms. The lowest BCUT2D eigenvalue weighted by Gasteiger charge is -2.28. The van der Waals surface area contributed by atoms with Gasteiger partial charge in [-0.25, -0.2) is 9.37 Å². The third kappa shape index (κ3) is 4.34. The number of halogens is 3. The Morgan fingerprint density at radius 1 is 1.44 bits per heavy atom. The van der Waals surface area contributed by atoms with Gasteiger partial charge in [-0.2, -0.15) is 5.26 Å². The highest BCUT2D eigenvalue weighted by Gasteiger charge is 2.24. The quantitative estimate of drug-likeness (QED) is 0.167. The molecule has 1 aliphatic heterocycles. The lowest BCUT2D eigenvalue weighted by Crippen LogP contribution is -2.41. The van der Waals surface area contributed by atoms with E-state index < -0.39 is 11.9 Å². The zero-order chi connectivity index (χ0) is 24.4. The molecular formula is C23H21Cl2FN6O2. The summed E-state index contributed by atoms with van der Waals surface area (Å²) in [5.74, 6) is 0.271. The lowest BCUT2D eigenvalue weighted by atomic mass is 9.99. The average Bonchev–Trinajstić information content (AvgIpc) is 3.26. The fraction of sp³-hybridized carbons (Fsp3) is 0.261. The van der Waals surface area contributed by atoms with Crippen LogP contribution in [-0.2, 0) is 0 Å². The number of fused-ring (bicyclic) bond motifs is 1. The minimum Gasteiger partial charge on any atom is -0.478 e. The molecule has 0 saturated heterocycles. The molecule has 3 heterocycles. The van der Waals surface area contributed by atoms with Gasteiger partial charge < -0.3 is 19.8 Å². The van der Waals surface area contributed by atoms with Gasteiger partial charge in [0.2, 0.25) is 11.7 Å². The van der Waals surface area contributed by atoms with Crippen LogP contribution in [0.25, 0.3) is 16.5 Å². The van der Waals surface area contributed by atoms with Crippen molar-refractivity contribution in [2.45, 2.75) is 19.4 Å².